The van der Waals surface area contributed by atoms with E-state index in [-0.39, 0.29) is 17.8 Å². The van der Waals surface area contributed by atoms with E-state index >= 15 is 0 Å². The molecule has 1 amide bonds. The Hall–Kier alpha value is -0.940. The highest BCUT2D eigenvalue weighted by molar-refractivity contribution is 9.10. The molecular formula is C11H12BrFN2O. The molecule has 1 aromatic rings. The maximum atomic E-state index is 12.8. The minimum atomic E-state index is -0.356. The second-order valence-electron chi connectivity index (χ2n) is 3.79. The third kappa shape index (κ3) is 2.59. The Morgan fingerprint density at radius 2 is 2.38 bits per heavy atom. The summed E-state index contributed by atoms with van der Waals surface area (Å²) in [6.45, 7) is 1.72. The largest absolute Gasteiger partial charge is 0.348 e. The molecule has 3 nitrogen and oxygen atoms in total. The van der Waals surface area contributed by atoms with Gasteiger partial charge in [0.25, 0.3) is 5.91 Å². The number of rotatable bonds is 2. The molecule has 0 aliphatic carbocycles. The third-order valence-electron chi connectivity index (χ3n) is 2.57. The van der Waals surface area contributed by atoms with Gasteiger partial charge in [-0.2, -0.15) is 0 Å². The molecule has 1 saturated heterocycles. The summed E-state index contributed by atoms with van der Waals surface area (Å²) in [6.07, 6.45) is 0.935. The van der Waals surface area contributed by atoms with Crippen LogP contribution in [0.1, 0.15) is 16.8 Å². The van der Waals surface area contributed by atoms with Crippen LogP contribution in [-0.4, -0.2) is 25.0 Å². The Morgan fingerprint density at radius 1 is 1.56 bits per heavy atom. The van der Waals surface area contributed by atoms with Crippen molar-refractivity contribution >= 4 is 21.8 Å². The zero-order valence-electron chi connectivity index (χ0n) is 8.59. The monoisotopic (exact) mass is 286 g/mol. The van der Waals surface area contributed by atoms with Crippen LogP contribution in [0.25, 0.3) is 0 Å². The molecule has 1 fully saturated rings. The van der Waals surface area contributed by atoms with Crippen molar-refractivity contribution in [3.63, 3.8) is 0 Å². The lowest BCUT2D eigenvalue weighted by Crippen LogP contribution is -2.36. The average Bonchev–Trinajstić information content (AvgIpc) is 2.70. The lowest BCUT2D eigenvalue weighted by Gasteiger charge is -2.12. The summed E-state index contributed by atoms with van der Waals surface area (Å²) in [6, 6.07) is 4.23. The molecule has 1 heterocycles. The van der Waals surface area contributed by atoms with Gasteiger partial charge in [0.15, 0.2) is 0 Å². The first-order chi connectivity index (χ1) is 7.66. The van der Waals surface area contributed by atoms with E-state index in [0.29, 0.717) is 10.0 Å². The van der Waals surface area contributed by atoms with Gasteiger partial charge in [-0.25, -0.2) is 4.39 Å². The van der Waals surface area contributed by atoms with Gasteiger partial charge < -0.3 is 10.6 Å². The van der Waals surface area contributed by atoms with Gasteiger partial charge in [-0.05, 0) is 47.1 Å². The molecule has 0 saturated carbocycles. The van der Waals surface area contributed by atoms with E-state index in [0.717, 1.165) is 19.5 Å². The van der Waals surface area contributed by atoms with Crippen LogP contribution in [0.2, 0.25) is 0 Å². The Morgan fingerprint density at radius 3 is 3.00 bits per heavy atom. The molecule has 86 valence electrons. The van der Waals surface area contributed by atoms with Crippen molar-refractivity contribution in [1.29, 1.82) is 0 Å². The molecule has 2 N–H and O–H groups in total. The molecule has 5 heteroatoms. The van der Waals surface area contributed by atoms with E-state index in [1.54, 1.807) is 0 Å². The molecule has 0 radical (unpaired) electrons. The summed E-state index contributed by atoms with van der Waals surface area (Å²) in [5.41, 5.74) is 0.466. The first-order valence-corrected chi connectivity index (χ1v) is 5.93. The zero-order chi connectivity index (χ0) is 11.5. The SMILES string of the molecule is O=C(NC1CCNC1)c1ccc(F)cc1Br. The second-order valence-corrected chi connectivity index (χ2v) is 4.64. The predicted molar refractivity (Wildman–Crippen MR) is 62.8 cm³/mol. The molecule has 1 aliphatic rings. The van der Waals surface area contributed by atoms with Crippen LogP contribution < -0.4 is 10.6 Å². The number of hydrogen-bond acceptors (Lipinski definition) is 2. The van der Waals surface area contributed by atoms with E-state index in [9.17, 15) is 9.18 Å². The molecule has 1 aromatic carbocycles. The maximum absolute atomic E-state index is 12.8. The quantitative estimate of drug-likeness (QED) is 0.869. The summed E-state index contributed by atoms with van der Waals surface area (Å²) in [5, 5.41) is 6.07. The lowest BCUT2D eigenvalue weighted by atomic mass is 10.2. The van der Waals surface area contributed by atoms with Crippen LogP contribution in [0.15, 0.2) is 22.7 Å². The summed E-state index contributed by atoms with van der Waals surface area (Å²) in [5.74, 6) is -0.522. The molecule has 0 aromatic heterocycles. The number of carbonyl (C=O) groups excluding carboxylic acids is 1. The first-order valence-electron chi connectivity index (χ1n) is 5.13. The number of hydrogen-bond donors (Lipinski definition) is 2. The Bertz CT molecular complexity index is 405. The Balaban J connectivity index is 2.08. The van der Waals surface area contributed by atoms with Gasteiger partial charge in [0.1, 0.15) is 5.82 Å². The van der Waals surface area contributed by atoms with E-state index < -0.39 is 0 Å². The van der Waals surface area contributed by atoms with Crippen molar-refractivity contribution in [3.05, 3.63) is 34.1 Å². The van der Waals surface area contributed by atoms with Crippen LogP contribution in [0.5, 0.6) is 0 Å². The Kier molecular flexibility index (Phi) is 3.56. The van der Waals surface area contributed by atoms with Crippen molar-refractivity contribution in [2.24, 2.45) is 0 Å². The van der Waals surface area contributed by atoms with Crippen molar-refractivity contribution < 1.29 is 9.18 Å². The molecule has 1 aliphatic heterocycles. The van der Waals surface area contributed by atoms with Crippen molar-refractivity contribution in [1.82, 2.24) is 10.6 Å². The normalized spacial score (nSPS) is 19.8. The fourth-order valence-corrected chi connectivity index (χ4v) is 2.25. The van der Waals surface area contributed by atoms with Gasteiger partial charge in [-0.1, -0.05) is 0 Å². The van der Waals surface area contributed by atoms with E-state index in [1.165, 1.54) is 18.2 Å². The highest BCUT2D eigenvalue weighted by Gasteiger charge is 2.18. The number of amides is 1. The topological polar surface area (TPSA) is 41.1 Å². The molecule has 1 unspecified atom stereocenters. The molecule has 0 spiro atoms. The van der Waals surface area contributed by atoms with Crippen LogP contribution >= 0.6 is 15.9 Å². The predicted octanol–water partition coefficient (Wildman–Crippen LogP) is 1.68. The van der Waals surface area contributed by atoms with Gasteiger partial charge in [-0.3, -0.25) is 4.79 Å². The molecule has 16 heavy (non-hydrogen) atoms. The average molecular weight is 287 g/mol. The first kappa shape index (κ1) is 11.5. The van der Waals surface area contributed by atoms with Gasteiger partial charge in [0.05, 0.1) is 5.56 Å². The maximum Gasteiger partial charge on any atom is 0.252 e. The number of benzene rings is 1. The van der Waals surface area contributed by atoms with Gasteiger partial charge >= 0.3 is 0 Å². The van der Waals surface area contributed by atoms with Crippen LogP contribution in [0.3, 0.4) is 0 Å². The third-order valence-corrected chi connectivity index (χ3v) is 3.23. The van der Waals surface area contributed by atoms with Gasteiger partial charge in [0, 0.05) is 17.1 Å². The summed E-state index contributed by atoms with van der Waals surface area (Å²) < 4.78 is 13.3. The summed E-state index contributed by atoms with van der Waals surface area (Å²) >= 11 is 3.18. The van der Waals surface area contributed by atoms with Crippen LogP contribution in [-0.2, 0) is 0 Å². The van der Waals surface area contributed by atoms with E-state index in [4.69, 9.17) is 0 Å². The minimum absolute atomic E-state index is 0.166. The molecule has 1 atom stereocenters. The van der Waals surface area contributed by atoms with Gasteiger partial charge in [-0.15, -0.1) is 0 Å². The Labute approximate surface area is 102 Å². The van der Waals surface area contributed by atoms with Crippen LogP contribution in [0.4, 0.5) is 4.39 Å². The standard InChI is InChI=1S/C11H12BrFN2O/c12-10-5-7(13)1-2-9(10)11(16)15-8-3-4-14-6-8/h1-2,5,8,14H,3-4,6H2,(H,15,16). The fourth-order valence-electron chi connectivity index (χ4n) is 1.71. The smallest absolute Gasteiger partial charge is 0.252 e. The summed E-state index contributed by atoms with van der Waals surface area (Å²) in [7, 11) is 0. The van der Waals surface area contributed by atoms with Crippen LogP contribution in [0, 0.1) is 5.82 Å². The highest BCUT2D eigenvalue weighted by atomic mass is 79.9. The number of halogens is 2. The van der Waals surface area contributed by atoms with Crippen molar-refractivity contribution in [2.75, 3.05) is 13.1 Å². The second kappa shape index (κ2) is 4.93. The molecule has 0 bridgehead atoms. The molecular weight excluding hydrogens is 275 g/mol. The van der Waals surface area contributed by atoms with Gasteiger partial charge in [0.2, 0.25) is 0 Å². The van der Waals surface area contributed by atoms with E-state index in [1.807, 2.05) is 0 Å². The minimum Gasteiger partial charge on any atom is -0.348 e. The number of carbonyl (C=O) groups is 1. The fraction of sp³-hybridized carbons (Fsp3) is 0.364. The van der Waals surface area contributed by atoms with Crippen molar-refractivity contribution in [3.8, 4) is 0 Å². The lowest BCUT2D eigenvalue weighted by molar-refractivity contribution is 0.0939. The number of nitrogens with one attached hydrogen (secondary N) is 2. The van der Waals surface area contributed by atoms with E-state index in [2.05, 4.69) is 26.6 Å². The molecule has 2 rings (SSSR count). The summed E-state index contributed by atoms with van der Waals surface area (Å²) in [4.78, 5) is 11.8. The van der Waals surface area contributed by atoms with Crippen molar-refractivity contribution in [2.45, 2.75) is 12.5 Å². The zero-order valence-corrected chi connectivity index (χ0v) is 10.2. The highest BCUT2D eigenvalue weighted by Crippen LogP contribution is 2.18.